The van der Waals surface area contributed by atoms with E-state index < -0.39 is 0 Å². The van der Waals surface area contributed by atoms with Gasteiger partial charge in [-0.25, -0.2) is 0 Å². The summed E-state index contributed by atoms with van der Waals surface area (Å²) in [5, 5.41) is 0. The molecule has 0 N–H and O–H groups in total. The Morgan fingerprint density at radius 3 is 3.08 bits per heavy atom. The van der Waals surface area contributed by atoms with Gasteiger partial charge in [0, 0.05) is 17.3 Å². The second kappa shape index (κ2) is 5.09. The van der Waals surface area contributed by atoms with Crippen molar-refractivity contribution in [3.8, 4) is 0 Å². The zero-order valence-electron chi connectivity index (χ0n) is 7.29. The molecule has 0 aliphatic rings. The van der Waals surface area contributed by atoms with E-state index in [2.05, 4.69) is 20.9 Å². The molecular weight excluding hydrogens is 234 g/mol. The van der Waals surface area contributed by atoms with Gasteiger partial charge in [0.05, 0.1) is 0 Å². The van der Waals surface area contributed by atoms with Crippen LogP contribution in [0.4, 0.5) is 0 Å². The van der Waals surface area contributed by atoms with Gasteiger partial charge >= 0.3 is 0 Å². The smallest absolute Gasteiger partial charge is 0.207 e. The third kappa shape index (κ3) is 2.90. The Bertz CT molecular complexity index is 301. The van der Waals surface area contributed by atoms with Gasteiger partial charge in [0.1, 0.15) is 12.3 Å². The minimum atomic E-state index is -0.102. The van der Waals surface area contributed by atoms with Gasteiger partial charge in [-0.2, -0.15) is 0 Å². The van der Waals surface area contributed by atoms with Crippen molar-refractivity contribution in [1.29, 1.82) is 0 Å². The molecule has 0 amide bonds. The van der Waals surface area contributed by atoms with Gasteiger partial charge in [-0.15, -0.1) is 0 Å². The van der Waals surface area contributed by atoms with Crippen LogP contribution in [0.25, 0.3) is 0 Å². The van der Waals surface area contributed by atoms with Gasteiger partial charge in [0.15, 0.2) is 0 Å². The Balaban J connectivity index is 2.71. The van der Waals surface area contributed by atoms with Crippen molar-refractivity contribution in [2.75, 3.05) is 13.2 Å². The molecule has 0 radical (unpaired) electrons. The first kappa shape index (κ1) is 10.3. The lowest BCUT2D eigenvalue weighted by Gasteiger charge is -2.01. The summed E-state index contributed by atoms with van der Waals surface area (Å²) in [6.07, 6.45) is 1.59. The zero-order chi connectivity index (χ0) is 9.68. The van der Waals surface area contributed by atoms with E-state index in [0.717, 1.165) is 0 Å². The Morgan fingerprint density at radius 2 is 2.46 bits per heavy atom. The number of pyridine rings is 1. The number of halogens is 1. The fraction of sp³-hybridized carbons (Fsp3) is 0.333. The lowest BCUT2D eigenvalue weighted by Crippen LogP contribution is -2.11. The normalized spacial score (nSPS) is 10.0. The molecule has 1 heterocycles. The molecule has 1 aromatic rings. The summed E-state index contributed by atoms with van der Waals surface area (Å²) in [5.74, 6) is -0.102. The molecule has 70 valence electrons. The maximum absolute atomic E-state index is 11.4. The fourth-order valence-corrected chi connectivity index (χ4v) is 1.33. The molecule has 0 atom stereocenters. The molecule has 0 saturated heterocycles. The van der Waals surface area contributed by atoms with Crippen molar-refractivity contribution in [3.05, 3.63) is 28.5 Å². The summed E-state index contributed by atoms with van der Waals surface area (Å²) in [6, 6.07) is 3.55. The number of ketones is 1. The molecule has 0 unspecified atom stereocenters. The number of hydrogen-bond acceptors (Lipinski definition) is 3. The van der Waals surface area contributed by atoms with Gasteiger partial charge in [0.2, 0.25) is 5.78 Å². The Morgan fingerprint density at radius 1 is 1.69 bits per heavy atom. The van der Waals surface area contributed by atoms with E-state index in [1.807, 2.05) is 6.92 Å². The average molecular weight is 244 g/mol. The fourth-order valence-electron chi connectivity index (χ4n) is 0.854. The van der Waals surface area contributed by atoms with Crippen LogP contribution in [0.1, 0.15) is 17.4 Å². The molecule has 1 aromatic heterocycles. The summed E-state index contributed by atoms with van der Waals surface area (Å²) in [5.41, 5.74) is 0.427. The van der Waals surface area contributed by atoms with Crippen molar-refractivity contribution in [2.24, 2.45) is 0 Å². The van der Waals surface area contributed by atoms with E-state index in [-0.39, 0.29) is 12.4 Å². The number of hydrogen-bond donors (Lipinski definition) is 0. The van der Waals surface area contributed by atoms with Crippen molar-refractivity contribution in [1.82, 2.24) is 4.98 Å². The SMILES string of the molecule is CCOCC(=O)c1ncccc1Br. The third-order valence-electron chi connectivity index (χ3n) is 1.46. The number of rotatable bonds is 4. The summed E-state index contributed by atoms with van der Waals surface area (Å²) in [7, 11) is 0. The van der Waals surface area contributed by atoms with E-state index in [9.17, 15) is 4.79 Å². The molecule has 0 aromatic carbocycles. The van der Waals surface area contributed by atoms with Crippen LogP contribution in [0.2, 0.25) is 0 Å². The van der Waals surface area contributed by atoms with Gasteiger partial charge in [0.25, 0.3) is 0 Å². The number of ether oxygens (including phenoxy) is 1. The second-order valence-corrected chi connectivity index (χ2v) is 3.25. The van der Waals surface area contributed by atoms with Gasteiger partial charge in [-0.1, -0.05) is 0 Å². The molecule has 13 heavy (non-hydrogen) atoms. The van der Waals surface area contributed by atoms with Crippen LogP contribution < -0.4 is 0 Å². The minimum absolute atomic E-state index is 0.0894. The van der Waals surface area contributed by atoms with Crippen molar-refractivity contribution in [2.45, 2.75) is 6.92 Å². The highest BCUT2D eigenvalue weighted by Crippen LogP contribution is 2.13. The van der Waals surface area contributed by atoms with E-state index in [1.54, 1.807) is 18.3 Å². The molecule has 1 rings (SSSR count). The number of nitrogens with zero attached hydrogens (tertiary/aromatic N) is 1. The zero-order valence-corrected chi connectivity index (χ0v) is 8.87. The number of carbonyl (C=O) groups excluding carboxylic acids is 1. The second-order valence-electron chi connectivity index (χ2n) is 2.39. The highest BCUT2D eigenvalue weighted by atomic mass is 79.9. The quantitative estimate of drug-likeness (QED) is 0.761. The number of Topliss-reactive ketones (excluding diaryl/α,β-unsaturated/α-hetero) is 1. The Labute approximate surface area is 85.3 Å². The van der Waals surface area contributed by atoms with Gasteiger partial charge in [-0.05, 0) is 35.0 Å². The summed E-state index contributed by atoms with van der Waals surface area (Å²) >= 11 is 3.25. The predicted octanol–water partition coefficient (Wildman–Crippen LogP) is 2.06. The summed E-state index contributed by atoms with van der Waals surface area (Å²) < 4.78 is 5.70. The largest absolute Gasteiger partial charge is 0.374 e. The van der Waals surface area contributed by atoms with E-state index in [0.29, 0.717) is 16.8 Å². The van der Waals surface area contributed by atoms with E-state index in [4.69, 9.17) is 4.74 Å². The highest BCUT2D eigenvalue weighted by Gasteiger charge is 2.10. The highest BCUT2D eigenvalue weighted by molar-refractivity contribution is 9.10. The molecule has 0 saturated carbocycles. The maximum atomic E-state index is 11.4. The predicted molar refractivity (Wildman–Crippen MR) is 52.8 cm³/mol. The molecule has 4 heteroatoms. The van der Waals surface area contributed by atoms with Crippen LogP contribution in [0.15, 0.2) is 22.8 Å². The molecule has 0 spiro atoms. The number of aromatic nitrogens is 1. The first-order valence-corrected chi connectivity index (χ1v) is 4.76. The van der Waals surface area contributed by atoms with Crippen molar-refractivity contribution >= 4 is 21.7 Å². The monoisotopic (exact) mass is 243 g/mol. The van der Waals surface area contributed by atoms with Crippen LogP contribution >= 0.6 is 15.9 Å². The molecule has 0 aliphatic carbocycles. The van der Waals surface area contributed by atoms with Crippen LogP contribution in [-0.4, -0.2) is 24.0 Å². The van der Waals surface area contributed by atoms with Gasteiger partial charge < -0.3 is 4.74 Å². The van der Waals surface area contributed by atoms with Crippen LogP contribution in [0.5, 0.6) is 0 Å². The lowest BCUT2D eigenvalue weighted by molar-refractivity contribution is 0.0777. The van der Waals surface area contributed by atoms with Gasteiger partial charge in [-0.3, -0.25) is 9.78 Å². The van der Waals surface area contributed by atoms with E-state index >= 15 is 0 Å². The molecular formula is C9H10BrNO2. The molecule has 0 aliphatic heterocycles. The first-order chi connectivity index (χ1) is 6.25. The Kier molecular flexibility index (Phi) is 4.05. The standard InChI is InChI=1S/C9H10BrNO2/c1-2-13-6-8(12)9-7(10)4-3-5-11-9/h3-5H,2,6H2,1H3. The molecule has 0 fully saturated rings. The summed E-state index contributed by atoms with van der Waals surface area (Å²) in [6.45, 7) is 2.48. The lowest BCUT2D eigenvalue weighted by atomic mass is 10.2. The Hall–Kier alpha value is -0.740. The summed E-state index contributed by atoms with van der Waals surface area (Å²) in [4.78, 5) is 15.4. The molecule has 3 nitrogen and oxygen atoms in total. The first-order valence-electron chi connectivity index (χ1n) is 3.97. The van der Waals surface area contributed by atoms with Crippen LogP contribution in [0.3, 0.4) is 0 Å². The van der Waals surface area contributed by atoms with Crippen LogP contribution in [0, 0.1) is 0 Å². The number of carbonyl (C=O) groups is 1. The minimum Gasteiger partial charge on any atom is -0.374 e. The molecule has 0 bridgehead atoms. The average Bonchev–Trinajstić information content (AvgIpc) is 2.15. The van der Waals surface area contributed by atoms with Crippen LogP contribution in [-0.2, 0) is 4.74 Å². The van der Waals surface area contributed by atoms with Crippen molar-refractivity contribution in [3.63, 3.8) is 0 Å². The maximum Gasteiger partial charge on any atom is 0.207 e. The third-order valence-corrected chi connectivity index (χ3v) is 2.10. The van der Waals surface area contributed by atoms with E-state index in [1.165, 1.54) is 0 Å². The topological polar surface area (TPSA) is 39.2 Å². The van der Waals surface area contributed by atoms with Crippen molar-refractivity contribution < 1.29 is 9.53 Å².